The fourth-order valence-electron chi connectivity index (χ4n) is 7.78. The van der Waals surface area contributed by atoms with Gasteiger partial charge in [0.1, 0.15) is 18.1 Å². The number of likely N-dealkylation sites (tertiary alicyclic amines) is 1. The van der Waals surface area contributed by atoms with Gasteiger partial charge in [0.2, 0.25) is 11.8 Å². The number of allylic oxidation sites excluding steroid dienone is 1. The molecule has 1 saturated carbocycles. The van der Waals surface area contributed by atoms with Gasteiger partial charge in [0, 0.05) is 12.0 Å². The van der Waals surface area contributed by atoms with Crippen LogP contribution in [0, 0.1) is 17.8 Å². The first-order valence-corrected chi connectivity index (χ1v) is 16.4. The number of carbonyl (C=O) groups is 2. The van der Waals surface area contributed by atoms with E-state index in [-0.39, 0.29) is 47.5 Å². The molecule has 2 heterocycles. The van der Waals surface area contributed by atoms with E-state index in [9.17, 15) is 14.7 Å². The van der Waals surface area contributed by atoms with Gasteiger partial charge in [-0.25, -0.2) is 0 Å². The van der Waals surface area contributed by atoms with Gasteiger partial charge >= 0.3 is 0 Å². The van der Waals surface area contributed by atoms with Crippen molar-refractivity contribution in [2.75, 3.05) is 13.2 Å². The number of halogens is 1. The molecule has 2 aliphatic heterocycles. The molecule has 7 heteroatoms. The summed E-state index contributed by atoms with van der Waals surface area (Å²) in [6.07, 6.45) is 11.3. The number of phenolic OH excluding ortho intramolecular Hbond substituents is 1. The molecule has 2 aromatic carbocycles. The van der Waals surface area contributed by atoms with Crippen LogP contribution in [-0.4, -0.2) is 47.2 Å². The monoisotopic (exact) mass is 603 g/mol. The van der Waals surface area contributed by atoms with E-state index in [0.29, 0.717) is 24.7 Å². The minimum absolute atomic E-state index is 0.0144. The number of amides is 2. The summed E-state index contributed by atoms with van der Waals surface area (Å²) >= 11 is 6.43. The van der Waals surface area contributed by atoms with Crippen molar-refractivity contribution in [2.45, 2.75) is 83.3 Å². The zero-order valence-electron chi connectivity index (χ0n) is 25.0. The van der Waals surface area contributed by atoms with E-state index in [1.54, 1.807) is 17.0 Å². The van der Waals surface area contributed by atoms with Crippen molar-refractivity contribution in [1.29, 1.82) is 0 Å². The average molecular weight is 604 g/mol. The van der Waals surface area contributed by atoms with Crippen molar-refractivity contribution in [1.82, 2.24) is 4.90 Å². The number of ether oxygens (including phenoxy) is 2. The smallest absolute Gasteiger partial charge is 0.234 e. The highest BCUT2D eigenvalue weighted by Crippen LogP contribution is 2.51. The normalized spacial score (nSPS) is 26.2. The Balaban J connectivity index is 1.26. The summed E-state index contributed by atoms with van der Waals surface area (Å²) in [7, 11) is 0. The Labute approximate surface area is 259 Å². The van der Waals surface area contributed by atoms with E-state index >= 15 is 0 Å². The van der Waals surface area contributed by atoms with Gasteiger partial charge < -0.3 is 14.6 Å². The number of aromatic hydroxyl groups is 1. The molecular weight excluding hydrogens is 562 g/mol. The summed E-state index contributed by atoms with van der Waals surface area (Å²) in [5.74, 6) is 0.225. The molecule has 0 bridgehead atoms. The molecule has 0 spiro atoms. The topological polar surface area (TPSA) is 76.1 Å². The SMILES string of the molecule is CCC/C(=C\c1ccc(O)cc1Cl)CC[C@H]1OC[C@H]2C1=C(COc1ccccc1)C[C@H]1C(=O)N(C3CCCCC3)C(=O)[C@H]12. The van der Waals surface area contributed by atoms with Gasteiger partial charge in [-0.2, -0.15) is 0 Å². The molecule has 43 heavy (non-hydrogen) atoms. The lowest BCUT2D eigenvalue weighted by atomic mass is 9.69. The molecule has 2 amide bonds. The van der Waals surface area contributed by atoms with Gasteiger partial charge in [-0.3, -0.25) is 14.5 Å². The zero-order chi connectivity index (χ0) is 29.9. The van der Waals surface area contributed by atoms with Gasteiger partial charge in [0.05, 0.1) is 29.6 Å². The fraction of sp³-hybridized carbons (Fsp3) is 0.500. The molecule has 2 aromatic rings. The molecule has 0 radical (unpaired) electrons. The van der Waals surface area contributed by atoms with Gasteiger partial charge in [0.15, 0.2) is 0 Å². The average Bonchev–Trinajstić information content (AvgIpc) is 3.55. The molecule has 6 rings (SSSR count). The van der Waals surface area contributed by atoms with Crippen molar-refractivity contribution in [3.8, 4) is 11.5 Å². The Morgan fingerprint density at radius 2 is 1.84 bits per heavy atom. The maximum absolute atomic E-state index is 14.0. The zero-order valence-corrected chi connectivity index (χ0v) is 25.7. The van der Waals surface area contributed by atoms with Crippen molar-refractivity contribution in [2.24, 2.45) is 17.8 Å². The van der Waals surface area contributed by atoms with Crippen LogP contribution in [0.3, 0.4) is 0 Å². The number of fused-ring (bicyclic) bond motifs is 3. The lowest BCUT2D eigenvalue weighted by Crippen LogP contribution is -2.42. The van der Waals surface area contributed by atoms with Crippen LogP contribution in [-0.2, 0) is 14.3 Å². The highest BCUT2D eigenvalue weighted by atomic mass is 35.5. The molecule has 6 nitrogen and oxygen atoms in total. The Bertz CT molecular complexity index is 1400. The number of nitrogens with zero attached hydrogens (tertiary/aromatic N) is 1. The third-order valence-corrected chi connectivity index (χ3v) is 10.1. The third-order valence-electron chi connectivity index (χ3n) is 9.78. The number of benzene rings is 2. The number of carbonyl (C=O) groups excluding carboxylic acids is 2. The highest BCUT2D eigenvalue weighted by Gasteiger charge is 2.58. The fourth-order valence-corrected chi connectivity index (χ4v) is 8.01. The van der Waals surface area contributed by atoms with Gasteiger partial charge in [-0.1, -0.05) is 74.1 Å². The second-order valence-electron chi connectivity index (χ2n) is 12.6. The molecular formula is C36H42ClNO5. The second-order valence-corrected chi connectivity index (χ2v) is 13.0. The molecule has 2 saturated heterocycles. The molecule has 3 fully saturated rings. The number of para-hydroxylation sites is 1. The van der Waals surface area contributed by atoms with Crippen molar-refractivity contribution in [3.05, 3.63) is 75.8 Å². The first kappa shape index (κ1) is 30.0. The van der Waals surface area contributed by atoms with Gasteiger partial charge in [-0.15, -0.1) is 0 Å². The van der Waals surface area contributed by atoms with E-state index in [1.165, 1.54) is 17.6 Å². The molecule has 0 aromatic heterocycles. The summed E-state index contributed by atoms with van der Waals surface area (Å²) in [6, 6.07) is 14.9. The summed E-state index contributed by atoms with van der Waals surface area (Å²) in [5.41, 5.74) is 4.46. The van der Waals surface area contributed by atoms with E-state index < -0.39 is 0 Å². The Hall–Kier alpha value is -3.09. The largest absolute Gasteiger partial charge is 0.508 e. The Morgan fingerprint density at radius 1 is 1.05 bits per heavy atom. The van der Waals surface area contributed by atoms with Gasteiger partial charge in [0.25, 0.3) is 0 Å². The lowest BCUT2D eigenvalue weighted by Gasteiger charge is -2.32. The molecule has 1 N–H and O–H groups in total. The van der Waals surface area contributed by atoms with Crippen LogP contribution in [0.15, 0.2) is 65.3 Å². The van der Waals surface area contributed by atoms with Crippen LogP contribution < -0.4 is 4.74 Å². The van der Waals surface area contributed by atoms with E-state index in [1.807, 2.05) is 36.4 Å². The number of hydrogen-bond donors (Lipinski definition) is 1. The van der Waals surface area contributed by atoms with Gasteiger partial charge in [-0.05, 0) is 85.6 Å². The van der Waals surface area contributed by atoms with Crippen LogP contribution in [0.4, 0.5) is 0 Å². The maximum Gasteiger partial charge on any atom is 0.234 e. The first-order chi connectivity index (χ1) is 20.9. The maximum atomic E-state index is 14.0. The molecule has 4 aliphatic rings. The van der Waals surface area contributed by atoms with Crippen LogP contribution in [0.5, 0.6) is 11.5 Å². The first-order valence-electron chi connectivity index (χ1n) is 16.0. The quantitative estimate of drug-likeness (QED) is 0.222. The van der Waals surface area contributed by atoms with E-state index in [2.05, 4.69) is 13.0 Å². The second kappa shape index (κ2) is 13.3. The molecule has 4 atom stereocenters. The predicted octanol–water partition coefficient (Wildman–Crippen LogP) is 7.74. The van der Waals surface area contributed by atoms with Crippen LogP contribution in [0.25, 0.3) is 6.08 Å². The van der Waals surface area contributed by atoms with Crippen molar-refractivity contribution < 1.29 is 24.2 Å². The predicted molar refractivity (Wildman–Crippen MR) is 168 cm³/mol. The van der Waals surface area contributed by atoms with Crippen molar-refractivity contribution >= 4 is 29.5 Å². The molecule has 0 unspecified atom stereocenters. The number of phenols is 1. The summed E-state index contributed by atoms with van der Waals surface area (Å²) in [5, 5.41) is 10.3. The van der Waals surface area contributed by atoms with Crippen LogP contribution in [0.2, 0.25) is 5.02 Å². The standard InChI is InChI=1S/C36H42ClNO5/c1-2-9-23(18-24-15-16-27(39)20-31(24)37)14-17-32-33-25(21-42-28-12-7-4-8-13-28)19-29-34(30(33)22-43-32)36(41)38(35(29)40)26-10-5-3-6-11-26/h4,7-8,12-13,15-16,18,20,26,29-30,32,34,39H,2-3,5-6,9-11,14,17,19,21-22H2,1H3/b23-18+/t29-,30+,32-,34-/m1/s1. The lowest BCUT2D eigenvalue weighted by molar-refractivity contribution is -0.143. The van der Waals surface area contributed by atoms with Crippen LogP contribution >= 0.6 is 11.6 Å². The molecule has 2 aliphatic carbocycles. The van der Waals surface area contributed by atoms with Crippen LogP contribution in [0.1, 0.15) is 76.7 Å². The summed E-state index contributed by atoms with van der Waals surface area (Å²) in [6.45, 7) is 3.02. The Morgan fingerprint density at radius 3 is 2.58 bits per heavy atom. The van der Waals surface area contributed by atoms with Crippen molar-refractivity contribution in [3.63, 3.8) is 0 Å². The number of hydrogen-bond acceptors (Lipinski definition) is 5. The number of rotatable bonds is 10. The minimum atomic E-state index is -0.337. The third kappa shape index (κ3) is 6.28. The number of imide groups is 1. The summed E-state index contributed by atoms with van der Waals surface area (Å²) in [4.78, 5) is 29.4. The minimum Gasteiger partial charge on any atom is -0.508 e. The van der Waals surface area contributed by atoms with E-state index in [4.69, 9.17) is 21.1 Å². The molecule has 228 valence electrons. The highest BCUT2D eigenvalue weighted by molar-refractivity contribution is 6.32. The Kier molecular flexibility index (Phi) is 9.25. The summed E-state index contributed by atoms with van der Waals surface area (Å²) < 4.78 is 12.7. The van der Waals surface area contributed by atoms with E-state index in [0.717, 1.165) is 68.3 Å².